The summed E-state index contributed by atoms with van der Waals surface area (Å²) in [4.78, 5) is 33.5. The van der Waals surface area contributed by atoms with Crippen LogP contribution in [0, 0.1) is 0 Å². The van der Waals surface area contributed by atoms with Gasteiger partial charge in [-0.1, -0.05) is 12.1 Å². The van der Waals surface area contributed by atoms with E-state index < -0.39 is 12.0 Å². The van der Waals surface area contributed by atoms with Crippen LogP contribution in [0.5, 0.6) is 0 Å². The molecule has 0 saturated carbocycles. The molecular weight excluding hydrogens is 260 g/mol. The van der Waals surface area contributed by atoms with Crippen LogP contribution in [0.2, 0.25) is 0 Å². The number of benzene rings is 1. The quantitative estimate of drug-likeness (QED) is 0.688. The Morgan fingerprint density at radius 2 is 1.80 bits per heavy atom. The number of carboxylic acid groups (broad SMARTS) is 1. The minimum absolute atomic E-state index is 0.278. The van der Waals surface area contributed by atoms with E-state index in [1.54, 1.807) is 31.2 Å². The average Bonchev–Trinajstić information content (AvgIpc) is 2.44. The monoisotopic (exact) mass is 276 g/mol. The summed E-state index contributed by atoms with van der Waals surface area (Å²) in [5.74, 6) is -1.68. The third-order valence-electron chi connectivity index (χ3n) is 2.58. The Morgan fingerprint density at radius 3 is 2.30 bits per heavy atom. The minimum atomic E-state index is -1.04. The van der Waals surface area contributed by atoms with Crippen molar-refractivity contribution >= 4 is 23.9 Å². The molecule has 0 bridgehead atoms. The Kier molecular flexibility index (Phi) is 5.46. The molecule has 1 aromatic carbocycles. The first-order valence-electron chi connectivity index (χ1n) is 5.97. The molecular formula is C14H16N2O4. The van der Waals surface area contributed by atoms with Crippen LogP contribution < -0.4 is 10.6 Å². The van der Waals surface area contributed by atoms with E-state index >= 15 is 0 Å². The van der Waals surface area contributed by atoms with Gasteiger partial charge in [0, 0.05) is 18.7 Å². The number of carboxylic acids is 1. The molecule has 0 fully saturated rings. The molecule has 3 N–H and O–H groups in total. The van der Waals surface area contributed by atoms with Gasteiger partial charge < -0.3 is 15.7 Å². The van der Waals surface area contributed by atoms with Crippen LogP contribution in [0.3, 0.4) is 0 Å². The highest BCUT2D eigenvalue weighted by Gasteiger charge is 2.14. The first-order valence-corrected chi connectivity index (χ1v) is 5.97. The van der Waals surface area contributed by atoms with E-state index in [2.05, 4.69) is 10.6 Å². The van der Waals surface area contributed by atoms with Gasteiger partial charge in [-0.3, -0.25) is 9.59 Å². The zero-order chi connectivity index (χ0) is 15.1. The van der Waals surface area contributed by atoms with Crippen LogP contribution in [0.15, 0.2) is 30.3 Å². The summed E-state index contributed by atoms with van der Waals surface area (Å²) in [5, 5.41) is 13.5. The lowest BCUT2D eigenvalue weighted by Gasteiger charge is -2.12. The molecule has 0 aliphatic rings. The number of likely N-dealkylation sites (N-methyl/N-ethyl adjacent to an activating group) is 1. The van der Waals surface area contributed by atoms with Gasteiger partial charge >= 0.3 is 5.97 Å². The zero-order valence-electron chi connectivity index (χ0n) is 11.2. The predicted octanol–water partition coefficient (Wildman–Crippen LogP) is 0.649. The van der Waals surface area contributed by atoms with E-state index in [0.29, 0.717) is 11.1 Å². The van der Waals surface area contributed by atoms with Crippen molar-refractivity contribution in [2.75, 3.05) is 7.05 Å². The third-order valence-corrected chi connectivity index (χ3v) is 2.58. The Balaban J connectivity index is 2.71. The highest BCUT2D eigenvalue weighted by Crippen LogP contribution is 2.06. The lowest BCUT2D eigenvalue weighted by Crippen LogP contribution is -2.43. The molecule has 1 aromatic rings. The van der Waals surface area contributed by atoms with Gasteiger partial charge in [-0.15, -0.1) is 0 Å². The first-order chi connectivity index (χ1) is 9.43. The molecule has 6 nitrogen and oxygen atoms in total. The first kappa shape index (κ1) is 15.4. The van der Waals surface area contributed by atoms with Crippen molar-refractivity contribution in [3.63, 3.8) is 0 Å². The second-order valence-corrected chi connectivity index (χ2v) is 4.10. The molecule has 6 heteroatoms. The standard InChI is InChI=1S/C14H16N2O4/c1-9(13(19)15-2)16-14(20)11-6-3-10(4-7-11)5-8-12(17)18/h3-9H,1-2H3,(H,15,19)(H,16,20)(H,17,18). The molecule has 0 radical (unpaired) electrons. The zero-order valence-corrected chi connectivity index (χ0v) is 11.2. The normalized spacial score (nSPS) is 11.9. The van der Waals surface area contributed by atoms with Gasteiger partial charge in [0.05, 0.1) is 0 Å². The number of rotatable bonds is 5. The van der Waals surface area contributed by atoms with Gasteiger partial charge in [-0.25, -0.2) is 4.79 Å². The van der Waals surface area contributed by atoms with Gasteiger partial charge in [0.15, 0.2) is 0 Å². The Bertz CT molecular complexity index is 535. The number of carbonyl (C=O) groups excluding carboxylic acids is 2. The maximum Gasteiger partial charge on any atom is 0.328 e. The molecule has 1 rings (SSSR count). The van der Waals surface area contributed by atoms with Crippen molar-refractivity contribution in [2.45, 2.75) is 13.0 Å². The summed E-state index contributed by atoms with van der Waals surface area (Å²) in [6.45, 7) is 1.58. The molecule has 1 unspecified atom stereocenters. The van der Waals surface area contributed by atoms with Gasteiger partial charge in [-0.2, -0.15) is 0 Å². The molecule has 0 aromatic heterocycles. The molecule has 0 aliphatic heterocycles. The van der Waals surface area contributed by atoms with Crippen LogP contribution in [0.25, 0.3) is 6.08 Å². The van der Waals surface area contributed by atoms with Crippen molar-refractivity contribution in [1.29, 1.82) is 0 Å². The highest BCUT2D eigenvalue weighted by molar-refractivity contribution is 5.97. The summed E-state index contributed by atoms with van der Waals surface area (Å²) >= 11 is 0. The molecule has 2 amide bonds. The maximum absolute atomic E-state index is 11.8. The fourth-order valence-electron chi connectivity index (χ4n) is 1.48. The average molecular weight is 276 g/mol. The predicted molar refractivity (Wildman–Crippen MR) is 74.1 cm³/mol. The number of amides is 2. The van der Waals surface area contributed by atoms with Crippen LogP contribution in [0.1, 0.15) is 22.8 Å². The van der Waals surface area contributed by atoms with Gasteiger partial charge in [0.25, 0.3) is 5.91 Å². The number of aliphatic carboxylic acids is 1. The number of hydrogen-bond donors (Lipinski definition) is 3. The molecule has 106 valence electrons. The van der Waals surface area contributed by atoms with E-state index in [1.807, 2.05) is 0 Å². The van der Waals surface area contributed by atoms with E-state index in [0.717, 1.165) is 6.08 Å². The molecule has 1 atom stereocenters. The molecule has 0 spiro atoms. The molecule has 0 heterocycles. The highest BCUT2D eigenvalue weighted by atomic mass is 16.4. The fraction of sp³-hybridized carbons (Fsp3) is 0.214. The van der Waals surface area contributed by atoms with Gasteiger partial charge in [-0.05, 0) is 30.7 Å². The topological polar surface area (TPSA) is 95.5 Å². The van der Waals surface area contributed by atoms with Crippen molar-refractivity contribution in [3.05, 3.63) is 41.5 Å². The lowest BCUT2D eigenvalue weighted by molar-refractivity contribution is -0.131. The largest absolute Gasteiger partial charge is 0.478 e. The van der Waals surface area contributed by atoms with Gasteiger partial charge in [0.2, 0.25) is 5.91 Å². The number of carbonyl (C=O) groups is 3. The van der Waals surface area contributed by atoms with Crippen LogP contribution in [-0.4, -0.2) is 36.0 Å². The Morgan fingerprint density at radius 1 is 1.20 bits per heavy atom. The minimum Gasteiger partial charge on any atom is -0.478 e. The summed E-state index contributed by atoms with van der Waals surface area (Å²) in [7, 11) is 1.49. The lowest BCUT2D eigenvalue weighted by atomic mass is 10.1. The number of hydrogen-bond acceptors (Lipinski definition) is 3. The van der Waals surface area contributed by atoms with E-state index in [1.165, 1.54) is 13.1 Å². The van der Waals surface area contributed by atoms with Crippen molar-refractivity contribution < 1.29 is 19.5 Å². The molecule has 0 saturated heterocycles. The van der Waals surface area contributed by atoms with Crippen LogP contribution >= 0.6 is 0 Å². The second-order valence-electron chi connectivity index (χ2n) is 4.10. The molecule has 20 heavy (non-hydrogen) atoms. The van der Waals surface area contributed by atoms with Crippen molar-refractivity contribution in [2.24, 2.45) is 0 Å². The Labute approximate surface area is 116 Å². The smallest absolute Gasteiger partial charge is 0.328 e. The van der Waals surface area contributed by atoms with E-state index in [-0.39, 0.29) is 11.8 Å². The van der Waals surface area contributed by atoms with Crippen LogP contribution in [-0.2, 0) is 9.59 Å². The maximum atomic E-state index is 11.8. The Hall–Kier alpha value is -2.63. The SMILES string of the molecule is CNC(=O)C(C)NC(=O)c1ccc(C=CC(=O)O)cc1. The fourth-order valence-corrected chi connectivity index (χ4v) is 1.48. The van der Waals surface area contributed by atoms with E-state index in [9.17, 15) is 14.4 Å². The van der Waals surface area contributed by atoms with Crippen LogP contribution in [0.4, 0.5) is 0 Å². The van der Waals surface area contributed by atoms with Crippen molar-refractivity contribution in [1.82, 2.24) is 10.6 Å². The number of nitrogens with one attached hydrogen (secondary N) is 2. The summed E-state index contributed by atoms with van der Waals surface area (Å²) < 4.78 is 0. The van der Waals surface area contributed by atoms with Crippen molar-refractivity contribution in [3.8, 4) is 0 Å². The van der Waals surface area contributed by atoms with E-state index in [4.69, 9.17) is 5.11 Å². The summed E-state index contributed by atoms with van der Waals surface area (Å²) in [6.07, 6.45) is 2.44. The summed E-state index contributed by atoms with van der Waals surface area (Å²) in [5.41, 5.74) is 1.07. The third kappa shape index (κ3) is 4.56. The molecule has 0 aliphatic carbocycles. The second kappa shape index (κ2) is 7.08. The summed E-state index contributed by atoms with van der Waals surface area (Å²) in [6, 6.07) is 5.75. The van der Waals surface area contributed by atoms with Gasteiger partial charge in [0.1, 0.15) is 6.04 Å².